The molecule has 1 aromatic rings. The molecule has 0 aliphatic rings. The second-order valence-electron chi connectivity index (χ2n) is 4.51. The molecule has 1 unspecified atom stereocenters. The quantitative estimate of drug-likeness (QED) is 0.720. The molecular weight excluding hydrogens is 269 g/mol. The first-order chi connectivity index (χ1) is 9.53. The number of likely N-dealkylation sites (N-methyl/N-ethyl adjacent to an activating group) is 1. The van der Waals surface area contributed by atoms with Crippen molar-refractivity contribution in [1.82, 2.24) is 10.2 Å². The Labute approximate surface area is 117 Å². The van der Waals surface area contributed by atoms with Crippen LogP contribution >= 0.6 is 0 Å². The maximum Gasteiger partial charge on any atom is 0.194 e. The van der Waals surface area contributed by atoms with E-state index in [1.165, 1.54) is 0 Å². The maximum absolute atomic E-state index is 13.2. The van der Waals surface area contributed by atoms with Gasteiger partial charge in [-0.1, -0.05) is 13.8 Å². The number of halogens is 3. The summed E-state index contributed by atoms with van der Waals surface area (Å²) in [6.45, 7) is 6.89. The lowest BCUT2D eigenvalue weighted by Crippen LogP contribution is -2.34. The first-order valence-corrected chi connectivity index (χ1v) is 6.74. The Kier molecular flexibility index (Phi) is 6.98. The summed E-state index contributed by atoms with van der Waals surface area (Å²) in [6.07, 6.45) is 0. The molecule has 0 bridgehead atoms. The second-order valence-corrected chi connectivity index (χ2v) is 4.51. The summed E-state index contributed by atoms with van der Waals surface area (Å²) in [5, 5.41) is 12.3. The third-order valence-electron chi connectivity index (χ3n) is 3.30. The van der Waals surface area contributed by atoms with E-state index in [1.807, 2.05) is 13.8 Å². The van der Waals surface area contributed by atoms with E-state index in [2.05, 4.69) is 10.2 Å². The Balaban J connectivity index is 2.67. The highest BCUT2D eigenvalue weighted by molar-refractivity contribution is 5.22. The lowest BCUT2D eigenvalue weighted by Gasteiger charge is -2.21. The number of nitrogens with one attached hydrogen (secondary N) is 1. The normalized spacial score (nSPS) is 12.9. The summed E-state index contributed by atoms with van der Waals surface area (Å²) in [5.74, 6) is -3.98. The largest absolute Gasteiger partial charge is 0.394 e. The molecule has 1 aromatic carbocycles. The summed E-state index contributed by atoms with van der Waals surface area (Å²) in [5.41, 5.74) is 0.198. The highest BCUT2D eigenvalue weighted by atomic mass is 19.2. The van der Waals surface area contributed by atoms with Gasteiger partial charge in [0.25, 0.3) is 0 Å². The number of aliphatic hydroxyl groups excluding tert-OH is 1. The van der Waals surface area contributed by atoms with Gasteiger partial charge in [-0.25, -0.2) is 13.2 Å². The third-order valence-corrected chi connectivity index (χ3v) is 3.30. The molecule has 0 amide bonds. The molecule has 0 radical (unpaired) electrons. The highest BCUT2D eigenvalue weighted by Gasteiger charge is 2.16. The van der Waals surface area contributed by atoms with Gasteiger partial charge in [-0.2, -0.15) is 0 Å². The average molecular weight is 290 g/mol. The SMILES string of the molecule is CCN(CC)CCNC(CO)c1cc(F)c(F)c(F)c1. The number of aliphatic hydroxyl groups is 1. The molecule has 0 aliphatic heterocycles. The van der Waals surface area contributed by atoms with Crippen LogP contribution in [0.4, 0.5) is 13.2 Å². The molecule has 0 heterocycles. The van der Waals surface area contributed by atoms with Gasteiger partial charge in [-0.15, -0.1) is 0 Å². The van der Waals surface area contributed by atoms with Crippen LogP contribution in [-0.2, 0) is 0 Å². The zero-order valence-electron chi connectivity index (χ0n) is 11.8. The van der Waals surface area contributed by atoms with Gasteiger partial charge in [0.1, 0.15) is 0 Å². The molecule has 1 rings (SSSR count). The Morgan fingerprint density at radius 3 is 2.15 bits per heavy atom. The standard InChI is InChI=1S/C14H21F3N2O/c1-3-19(4-2)6-5-18-13(9-20)10-7-11(15)14(17)12(16)8-10/h7-8,13,18,20H,3-6,9H2,1-2H3. The minimum atomic E-state index is -1.49. The zero-order valence-corrected chi connectivity index (χ0v) is 11.8. The van der Waals surface area contributed by atoms with Crippen molar-refractivity contribution in [2.75, 3.05) is 32.8 Å². The van der Waals surface area contributed by atoms with Crippen molar-refractivity contribution < 1.29 is 18.3 Å². The second kappa shape index (κ2) is 8.24. The van der Waals surface area contributed by atoms with E-state index < -0.39 is 23.5 Å². The van der Waals surface area contributed by atoms with E-state index in [9.17, 15) is 18.3 Å². The van der Waals surface area contributed by atoms with Gasteiger partial charge in [-0.3, -0.25) is 0 Å². The van der Waals surface area contributed by atoms with Crippen LogP contribution in [-0.4, -0.2) is 42.8 Å². The van der Waals surface area contributed by atoms with Gasteiger partial charge in [-0.05, 0) is 30.8 Å². The van der Waals surface area contributed by atoms with Crippen molar-refractivity contribution in [3.05, 3.63) is 35.1 Å². The molecule has 1 atom stereocenters. The number of hydrogen-bond acceptors (Lipinski definition) is 3. The van der Waals surface area contributed by atoms with E-state index in [4.69, 9.17) is 0 Å². The monoisotopic (exact) mass is 290 g/mol. The minimum Gasteiger partial charge on any atom is -0.394 e. The number of benzene rings is 1. The number of rotatable bonds is 8. The van der Waals surface area contributed by atoms with Crippen LogP contribution < -0.4 is 5.32 Å². The molecule has 0 saturated heterocycles. The van der Waals surface area contributed by atoms with E-state index >= 15 is 0 Å². The van der Waals surface area contributed by atoms with E-state index in [1.54, 1.807) is 0 Å². The van der Waals surface area contributed by atoms with Crippen molar-refractivity contribution in [2.24, 2.45) is 0 Å². The van der Waals surface area contributed by atoms with E-state index in [0.717, 1.165) is 31.8 Å². The van der Waals surface area contributed by atoms with Crippen molar-refractivity contribution in [1.29, 1.82) is 0 Å². The molecule has 0 saturated carbocycles. The van der Waals surface area contributed by atoms with Crippen LogP contribution in [0.15, 0.2) is 12.1 Å². The third kappa shape index (κ3) is 4.47. The summed E-state index contributed by atoms with van der Waals surface area (Å²) >= 11 is 0. The molecule has 2 N–H and O–H groups in total. The fraction of sp³-hybridized carbons (Fsp3) is 0.571. The lowest BCUT2D eigenvalue weighted by atomic mass is 10.1. The van der Waals surface area contributed by atoms with Gasteiger partial charge in [0.05, 0.1) is 12.6 Å². The van der Waals surface area contributed by atoms with Crippen LogP contribution in [0, 0.1) is 17.5 Å². The van der Waals surface area contributed by atoms with Crippen LogP contribution in [0.5, 0.6) is 0 Å². The van der Waals surface area contributed by atoms with Crippen LogP contribution in [0.1, 0.15) is 25.5 Å². The van der Waals surface area contributed by atoms with Crippen LogP contribution in [0.25, 0.3) is 0 Å². The van der Waals surface area contributed by atoms with Crippen molar-refractivity contribution in [3.63, 3.8) is 0 Å². The molecule has 6 heteroatoms. The molecule has 0 aliphatic carbocycles. The van der Waals surface area contributed by atoms with Crippen LogP contribution in [0.2, 0.25) is 0 Å². The average Bonchev–Trinajstić information content (AvgIpc) is 2.44. The fourth-order valence-electron chi connectivity index (χ4n) is 2.00. The summed E-state index contributed by atoms with van der Waals surface area (Å²) < 4.78 is 39.2. The Bertz CT molecular complexity index is 402. The van der Waals surface area contributed by atoms with Gasteiger partial charge in [0.15, 0.2) is 17.5 Å². The summed E-state index contributed by atoms with van der Waals surface area (Å²) in [4.78, 5) is 2.17. The Hall–Kier alpha value is -1.11. The van der Waals surface area contributed by atoms with E-state index in [-0.39, 0.29) is 12.2 Å². The molecular formula is C14H21F3N2O. The predicted molar refractivity (Wildman–Crippen MR) is 71.9 cm³/mol. The topological polar surface area (TPSA) is 35.5 Å². The highest BCUT2D eigenvalue weighted by Crippen LogP contribution is 2.19. The molecule has 20 heavy (non-hydrogen) atoms. The van der Waals surface area contributed by atoms with Gasteiger partial charge >= 0.3 is 0 Å². The summed E-state index contributed by atoms with van der Waals surface area (Å²) in [7, 11) is 0. The van der Waals surface area contributed by atoms with Gasteiger partial charge in [0.2, 0.25) is 0 Å². The molecule has 0 fully saturated rings. The number of nitrogens with zero attached hydrogens (tertiary/aromatic N) is 1. The van der Waals surface area contributed by atoms with Crippen molar-refractivity contribution in [2.45, 2.75) is 19.9 Å². The van der Waals surface area contributed by atoms with Crippen LogP contribution in [0.3, 0.4) is 0 Å². The Morgan fingerprint density at radius 2 is 1.70 bits per heavy atom. The Morgan fingerprint density at radius 1 is 1.15 bits per heavy atom. The summed E-state index contributed by atoms with van der Waals surface area (Å²) in [6, 6.07) is 1.20. The first kappa shape index (κ1) is 16.9. The predicted octanol–water partition coefficient (Wildman–Crippen LogP) is 2.07. The molecule has 3 nitrogen and oxygen atoms in total. The number of hydrogen-bond donors (Lipinski definition) is 2. The molecule has 0 spiro atoms. The van der Waals surface area contributed by atoms with Gasteiger partial charge in [0, 0.05) is 13.1 Å². The smallest absolute Gasteiger partial charge is 0.194 e. The van der Waals surface area contributed by atoms with E-state index in [0.29, 0.717) is 6.54 Å². The van der Waals surface area contributed by atoms with Crippen molar-refractivity contribution >= 4 is 0 Å². The molecule has 114 valence electrons. The first-order valence-electron chi connectivity index (χ1n) is 6.74. The zero-order chi connectivity index (χ0) is 15.1. The maximum atomic E-state index is 13.2. The minimum absolute atomic E-state index is 0.198. The lowest BCUT2D eigenvalue weighted by molar-refractivity contribution is 0.232. The molecule has 0 aromatic heterocycles. The fourth-order valence-corrected chi connectivity index (χ4v) is 2.00. The van der Waals surface area contributed by atoms with Crippen molar-refractivity contribution in [3.8, 4) is 0 Å². The van der Waals surface area contributed by atoms with Gasteiger partial charge < -0.3 is 15.3 Å².